The van der Waals surface area contributed by atoms with Gasteiger partial charge in [0, 0.05) is 18.8 Å². The van der Waals surface area contributed by atoms with Crippen LogP contribution in [0.5, 0.6) is 5.75 Å². The third kappa shape index (κ3) is 10.8. The Morgan fingerprint density at radius 3 is 2.26 bits per heavy atom. The maximum Gasteiger partial charge on any atom is 0.466 e. The van der Waals surface area contributed by atoms with Crippen molar-refractivity contribution in [2.24, 2.45) is 5.92 Å². The number of aromatic carboxylic acids is 1. The first kappa shape index (κ1) is 31.3. The lowest BCUT2D eigenvalue weighted by molar-refractivity contribution is -0.121. The van der Waals surface area contributed by atoms with Crippen LogP contribution in [0.4, 0.5) is 5.69 Å². The molecule has 1 fully saturated rings. The molecule has 1 unspecified atom stereocenters. The smallest absolute Gasteiger partial charge is 0.466 e. The van der Waals surface area contributed by atoms with E-state index < -0.39 is 13.8 Å². The van der Waals surface area contributed by atoms with E-state index in [-0.39, 0.29) is 23.9 Å². The van der Waals surface area contributed by atoms with E-state index in [0.717, 1.165) is 30.6 Å². The van der Waals surface area contributed by atoms with Crippen LogP contribution in [0.3, 0.4) is 0 Å². The fourth-order valence-corrected chi connectivity index (χ4v) is 4.50. The Labute approximate surface area is 223 Å². The summed E-state index contributed by atoms with van der Waals surface area (Å²) >= 11 is 0. The summed E-state index contributed by atoms with van der Waals surface area (Å²) < 4.78 is 14.4. The Balaban J connectivity index is 0.000000926. The molecule has 1 saturated heterocycles. The molecule has 0 radical (unpaired) electrons. The number of anilines is 1. The van der Waals surface area contributed by atoms with Crippen molar-refractivity contribution in [1.29, 1.82) is 0 Å². The zero-order chi connectivity index (χ0) is 28.3. The number of carbonyl (C=O) groups excluding carboxylic acids is 1. The van der Waals surface area contributed by atoms with E-state index >= 15 is 0 Å². The average molecular weight is 551 g/mol. The first-order chi connectivity index (χ1) is 17.9. The number of rotatable bonds is 10. The maximum absolute atomic E-state index is 13.1. The second-order valence-electron chi connectivity index (χ2n) is 9.61. The average Bonchev–Trinajstić information content (AvgIpc) is 2.83. The minimum absolute atomic E-state index is 0.0831. The largest absolute Gasteiger partial charge is 0.493 e. The highest BCUT2D eigenvalue weighted by Crippen LogP contribution is 2.32. The van der Waals surface area contributed by atoms with E-state index in [4.69, 9.17) is 24.0 Å². The highest BCUT2D eigenvalue weighted by atomic mass is 31.2. The molecule has 1 amide bonds. The summed E-state index contributed by atoms with van der Waals surface area (Å²) in [6.45, 7) is 8.61. The molecule has 11 heteroatoms. The molecule has 0 aliphatic carbocycles. The van der Waals surface area contributed by atoms with E-state index in [1.165, 1.54) is 31.0 Å². The summed E-state index contributed by atoms with van der Waals surface area (Å²) in [5.41, 5.74) is 3.22. The van der Waals surface area contributed by atoms with Gasteiger partial charge in [-0.1, -0.05) is 38.1 Å². The van der Waals surface area contributed by atoms with Crippen molar-refractivity contribution in [3.63, 3.8) is 0 Å². The number of nitrogens with one attached hydrogen (secondary N) is 1. The normalized spacial score (nSPS) is 14.3. The number of nitrogens with zero attached hydrogens (tertiary/aromatic N) is 1. The van der Waals surface area contributed by atoms with E-state index in [1.807, 2.05) is 6.07 Å². The minimum atomic E-state index is -4.64. The number of phosphoric acid groups is 1. The van der Waals surface area contributed by atoms with Crippen LogP contribution in [-0.4, -0.2) is 51.4 Å². The van der Waals surface area contributed by atoms with Gasteiger partial charge in [-0.15, -0.1) is 0 Å². The van der Waals surface area contributed by atoms with Gasteiger partial charge < -0.3 is 34.7 Å². The number of piperidine rings is 1. The summed E-state index contributed by atoms with van der Waals surface area (Å²) in [5.74, 6) is -0.408. The number of amides is 1. The monoisotopic (exact) mass is 550 g/mol. The molecule has 0 aromatic heterocycles. The Bertz CT molecular complexity index is 1100. The van der Waals surface area contributed by atoms with Crippen LogP contribution in [0.2, 0.25) is 0 Å². The number of hydrogen-bond acceptors (Lipinski definition) is 5. The van der Waals surface area contributed by atoms with Crippen molar-refractivity contribution in [2.75, 3.05) is 24.6 Å². The Kier molecular flexibility index (Phi) is 12.3. The molecule has 1 atom stereocenters. The summed E-state index contributed by atoms with van der Waals surface area (Å²) in [6.07, 6.45) is 4.68. The van der Waals surface area contributed by atoms with Crippen LogP contribution >= 0.6 is 7.82 Å². The van der Waals surface area contributed by atoms with Crippen molar-refractivity contribution in [1.82, 2.24) is 5.32 Å². The van der Waals surface area contributed by atoms with Crippen molar-refractivity contribution < 1.29 is 38.7 Å². The van der Waals surface area contributed by atoms with Gasteiger partial charge in [0.1, 0.15) is 11.3 Å². The molecule has 210 valence electrons. The predicted octanol–water partition coefficient (Wildman–Crippen LogP) is 4.29. The molecule has 38 heavy (non-hydrogen) atoms. The molecular formula is C27H39N2O8P. The van der Waals surface area contributed by atoms with Gasteiger partial charge in [0.15, 0.2) is 0 Å². The molecule has 0 spiro atoms. The van der Waals surface area contributed by atoms with Crippen LogP contribution in [0.15, 0.2) is 42.5 Å². The zero-order valence-electron chi connectivity index (χ0n) is 22.2. The number of benzene rings is 2. The van der Waals surface area contributed by atoms with Crippen molar-refractivity contribution >= 4 is 25.4 Å². The Morgan fingerprint density at radius 1 is 1.05 bits per heavy atom. The van der Waals surface area contributed by atoms with E-state index in [0.29, 0.717) is 18.3 Å². The molecule has 2 aromatic carbocycles. The topological polar surface area (TPSA) is 157 Å². The molecule has 0 bridgehead atoms. The van der Waals surface area contributed by atoms with E-state index in [2.05, 4.69) is 42.3 Å². The third-order valence-electron chi connectivity index (χ3n) is 5.99. The lowest BCUT2D eigenvalue weighted by Crippen LogP contribution is -2.34. The van der Waals surface area contributed by atoms with Crippen molar-refractivity contribution in [2.45, 2.75) is 58.9 Å². The van der Waals surface area contributed by atoms with Crippen molar-refractivity contribution in [3.05, 3.63) is 59.2 Å². The van der Waals surface area contributed by atoms with Gasteiger partial charge >= 0.3 is 13.8 Å². The van der Waals surface area contributed by atoms with Crippen molar-refractivity contribution in [3.8, 4) is 5.75 Å². The van der Waals surface area contributed by atoms with Crippen LogP contribution < -0.4 is 15.0 Å². The molecule has 1 aliphatic rings. The standard InChI is InChI=1S/C27H36N2O4.H3O4P/c1-4-33-25-17-20(12-13-22(25)27(31)32)18-26(30)28-23(16-19(2)3)21-10-6-7-11-24(21)29-14-8-5-9-15-29;1-5(2,3)4/h6-7,10-13,17,19,23H,4-5,8-9,14-16,18H2,1-3H3,(H,28,30)(H,31,32);(H3,1,2,3,4). The number of para-hydroxylation sites is 1. The molecule has 3 rings (SSSR count). The summed E-state index contributed by atoms with van der Waals surface area (Å²) in [6, 6.07) is 13.2. The van der Waals surface area contributed by atoms with Crippen LogP contribution in [0.1, 0.15) is 74.0 Å². The van der Waals surface area contributed by atoms with Gasteiger partial charge in [-0.2, -0.15) is 0 Å². The molecule has 5 N–H and O–H groups in total. The van der Waals surface area contributed by atoms with E-state index in [9.17, 15) is 14.7 Å². The SMILES string of the molecule is CCOc1cc(CC(=O)NC(CC(C)C)c2ccccc2N2CCCCC2)ccc1C(=O)O.O=P(O)(O)O. The fourth-order valence-electron chi connectivity index (χ4n) is 4.50. The van der Waals surface area contributed by atoms with E-state index in [1.54, 1.807) is 19.1 Å². The quantitative estimate of drug-likeness (QED) is 0.272. The van der Waals surface area contributed by atoms with Gasteiger partial charge in [-0.25, -0.2) is 9.36 Å². The van der Waals surface area contributed by atoms with Gasteiger partial charge in [0.05, 0.1) is 19.1 Å². The zero-order valence-corrected chi connectivity index (χ0v) is 23.1. The number of ether oxygens (including phenoxy) is 1. The van der Waals surface area contributed by atoms with Crippen LogP contribution in [0.25, 0.3) is 0 Å². The molecule has 10 nitrogen and oxygen atoms in total. The van der Waals surface area contributed by atoms with Crippen LogP contribution in [-0.2, 0) is 15.8 Å². The first-order valence-corrected chi connectivity index (χ1v) is 14.4. The number of hydrogen-bond donors (Lipinski definition) is 5. The van der Waals surface area contributed by atoms with Crippen LogP contribution in [0, 0.1) is 5.92 Å². The lowest BCUT2D eigenvalue weighted by atomic mass is 9.94. The van der Waals surface area contributed by atoms with Gasteiger partial charge in [0.2, 0.25) is 5.91 Å². The fraction of sp³-hybridized carbons (Fsp3) is 0.481. The number of carboxylic acids is 1. The molecule has 0 saturated carbocycles. The Morgan fingerprint density at radius 2 is 1.68 bits per heavy atom. The van der Waals surface area contributed by atoms with Gasteiger partial charge in [-0.05, 0) is 67.9 Å². The second-order valence-corrected chi connectivity index (χ2v) is 10.6. The third-order valence-corrected chi connectivity index (χ3v) is 5.99. The Hall–Kier alpha value is -2.91. The second kappa shape index (κ2) is 14.9. The lowest BCUT2D eigenvalue weighted by Gasteiger charge is -2.33. The summed E-state index contributed by atoms with van der Waals surface area (Å²) in [4.78, 5) is 48.5. The molecule has 1 heterocycles. The maximum atomic E-state index is 13.1. The van der Waals surface area contributed by atoms with Gasteiger partial charge in [0.25, 0.3) is 0 Å². The molecule has 2 aromatic rings. The highest BCUT2D eigenvalue weighted by Gasteiger charge is 2.23. The number of carboxylic acid groups (broad SMARTS) is 1. The minimum Gasteiger partial charge on any atom is -0.493 e. The molecule has 1 aliphatic heterocycles. The van der Waals surface area contributed by atoms with Gasteiger partial charge in [-0.3, -0.25) is 4.79 Å². The summed E-state index contributed by atoms with van der Waals surface area (Å²) in [7, 11) is -4.64. The number of carbonyl (C=O) groups is 2. The molecular weight excluding hydrogens is 511 g/mol. The predicted molar refractivity (Wildman–Crippen MR) is 145 cm³/mol. The highest BCUT2D eigenvalue weighted by molar-refractivity contribution is 7.45. The summed E-state index contributed by atoms with van der Waals surface area (Å²) in [5, 5.41) is 12.6. The first-order valence-electron chi connectivity index (χ1n) is 12.8.